The number of hydrogen-bond donors (Lipinski definition) is 2. The first-order valence-corrected chi connectivity index (χ1v) is 10.7. The minimum atomic E-state index is -0.485. The number of amides is 1. The van der Waals surface area contributed by atoms with Gasteiger partial charge in [0.1, 0.15) is 29.7 Å². The number of aromatic hydroxyl groups is 1. The van der Waals surface area contributed by atoms with E-state index < -0.39 is 5.54 Å². The van der Waals surface area contributed by atoms with Crippen molar-refractivity contribution in [2.75, 3.05) is 17.2 Å². The highest BCUT2D eigenvalue weighted by Gasteiger charge is 2.49. The lowest BCUT2D eigenvalue weighted by Crippen LogP contribution is -2.39. The fourth-order valence-electron chi connectivity index (χ4n) is 4.17. The summed E-state index contributed by atoms with van der Waals surface area (Å²) < 4.78 is 1.82. The number of nitrogen functional groups attached to an aromatic ring is 1. The van der Waals surface area contributed by atoms with Crippen LogP contribution in [-0.2, 0) is 10.3 Å². The van der Waals surface area contributed by atoms with E-state index in [9.17, 15) is 15.2 Å². The van der Waals surface area contributed by atoms with Crippen molar-refractivity contribution in [2.45, 2.75) is 18.4 Å². The Hall–Kier alpha value is -4.71. The Morgan fingerprint density at radius 3 is 2.71 bits per heavy atom. The maximum absolute atomic E-state index is 12.8. The molecule has 9 nitrogen and oxygen atoms in total. The van der Waals surface area contributed by atoms with Crippen LogP contribution in [0.1, 0.15) is 18.4 Å². The van der Waals surface area contributed by atoms with Crippen LogP contribution in [0.2, 0.25) is 0 Å². The summed E-state index contributed by atoms with van der Waals surface area (Å²) in [6, 6.07) is 16.1. The van der Waals surface area contributed by atoms with Gasteiger partial charge in [-0.05, 0) is 49.2 Å². The van der Waals surface area contributed by atoms with Crippen molar-refractivity contribution >= 4 is 28.4 Å². The van der Waals surface area contributed by atoms with Crippen LogP contribution in [0, 0.1) is 11.3 Å². The Balaban J connectivity index is 1.65. The van der Waals surface area contributed by atoms with Crippen LogP contribution < -0.4 is 10.6 Å². The standard InChI is InChI=1S/C25H21N7O2/c1-2-20(34)31(18-6-4-3-5-7-18)14-25(10-11-25)32-24-21(23(27)28-15-29-24)22(30-32)16-8-9-19(33)17(12-16)13-26/h2-9,12,15,33H,1,10-11,14H2,(H2,27,28,29). The van der Waals surface area contributed by atoms with Crippen molar-refractivity contribution in [2.24, 2.45) is 0 Å². The molecule has 1 saturated carbocycles. The maximum atomic E-state index is 12.8. The second-order valence-electron chi connectivity index (χ2n) is 8.25. The molecular formula is C25H21N7O2. The van der Waals surface area contributed by atoms with Crippen LogP contribution in [0.3, 0.4) is 0 Å². The van der Waals surface area contributed by atoms with Crippen LogP contribution in [0.15, 0.2) is 67.5 Å². The normalized spacial score (nSPS) is 13.9. The quantitative estimate of drug-likeness (QED) is 0.429. The topological polar surface area (TPSA) is 134 Å². The van der Waals surface area contributed by atoms with E-state index in [0.29, 0.717) is 28.8 Å². The van der Waals surface area contributed by atoms with Gasteiger partial charge in [0, 0.05) is 11.3 Å². The molecule has 2 aromatic carbocycles. The van der Waals surface area contributed by atoms with Gasteiger partial charge in [-0.2, -0.15) is 10.4 Å². The van der Waals surface area contributed by atoms with Crippen LogP contribution in [-0.4, -0.2) is 37.3 Å². The van der Waals surface area contributed by atoms with Gasteiger partial charge in [0.05, 0.1) is 23.0 Å². The largest absolute Gasteiger partial charge is 0.507 e. The second kappa shape index (κ2) is 8.01. The van der Waals surface area contributed by atoms with Crippen molar-refractivity contribution < 1.29 is 9.90 Å². The third-order valence-corrected chi connectivity index (χ3v) is 6.12. The molecule has 1 aliphatic carbocycles. The number of benzene rings is 2. The molecule has 0 spiro atoms. The number of nitrogens with zero attached hydrogens (tertiary/aromatic N) is 6. The smallest absolute Gasteiger partial charge is 0.250 e. The monoisotopic (exact) mass is 451 g/mol. The van der Waals surface area contributed by atoms with Gasteiger partial charge < -0.3 is 15.7 Å². The Labute approximate surface area is 195 Å². The van der Waals surface area contributed by atoms with Gasteiger partial charge in [-0.3, -0.25) is 4.79 Å². The first kappa shape index (κ1) is 21.2. The van der Waals surface area contributed by atoms with Gasteiger partial charge in [0.15, 0.2) is 5.65 Å². The summed E-state index contributed by atoms with van der Waals surface area (Å²) in [6.45, 7) is 4.04. The number of carbonyl (C=O) groups excluding carboxylic acids is 1. The predicted molar refractivity (Wildman–Crippen MR) is 128 cm³/mol. The SMILES string of the molecule is C=CC(=O)N(CC1(n2nc(-c3ccc(O)c(C#N)c3)c3c(N)ncnc32)CC1)c1ccccc1. The molecule has 1 aliphatic rings. The number of rotatable bonds is 6. The molecule has 34 heavy (non-hydrogen) atoms. The first-order chi connectivity index (χ1) is 16.5. The lowest BCUT2D eigenvalue weighted by molar-refractivity contribution is -0.114. The highest BCUT2D eigenvalue weighted by atomic mass is 16.3. The molecule has 1 fully saturated rings. The Morgan fingerprint density at radius 2 is 2.03 bits per heavy atom. The van der Waals surface area contributed by atoms with E-state index in [4.69, 9.17) is 10.8 Å². The number of nitrogens with two attached hydrogens (primary N) is 1. The summed E-state index contributed by atoms with van der Waals surface area (Å²) >= 11 is 0. The van der Waals surface area contributed by atoms with Crippen molar-refractivity contribution in [3.63, 3.8) is 0 Å². The van der Waals surface area contributed by atoms with E-state index in [1.165, 1.54) is 18.5 Å². The van der Waals surface area contributed by atoms with E-state index in [1.54, 1.807) is 17.0 Å². The molecule has 0 atom stereocenters. The van der Waals surface area contributed by atoms with E-state index in [1.807, 2.05) is 41.1 Å². The lowest BCUT2D eigenvalue weighted by atomic mass is 10.1. The number of carbonyl (C=O) groups is 1. The minimum Gasteiger partial charge on any atom is -0.507 e. The van der Waals surface area contributed by atoms with Crippen molar-refractivity contribution in [3.8, 4) is 23.1 Å². The summed E-state index contributed by atoms with van der Waals surface area (Å²) in [6.07, 6.45) is 4.27. The highest BCUT2D eigenvalue weighted by Crippen LogP contribution is 2.47. The number of para-hydroxylation sites is 1. The number of phenolic OH excluding ortho intramolecular Hbond substituents is 1. The number of fused-ring (bicyclic) bond motifs is 1. The Bertz CT molecular complexity index is 1470. The van der Waals surface area contributed by atoms with E-state index >= 15 is 0 Å². The summed E-state index contributed by atoms with van der Waals surface area (Å²) in [5.41, 5.74) is 8.31. The third-order valence-electron chi connectivity index (χ3n) is 6.12. The molecule has 3 N–H and O–H groups in total. The average molecular weight is 451 g/mol. The molecule has 168 valence electrons. The van der Waals surface area contributed by atoms with Gasteiger partial charge in [-0.1, -0.05) is 24.8 Å². The number of nitriles is 1. The fraction of sp³-hybridized carbons (Fsp3) is 0.160. The molecule has 0 unspecified atom stereocenters. The van der Waals surface area contributed by atoms with Gasteiger partial charge in [0.25, 0.3) is 0 Å². The second-order valence-corrected chi connectivity index (χ2v) is 8.25. The summed E-state index contributed by atoms with van der Waals surface area (Å²) in [5.74, 6) is -0.0597. The molecule has 0 radical (unpaired) electrons. The Kier molecular flexibility index (Phi) is 4.98. The van der Waals surface area contributed by atoms with Gasteiger partial charge in [-0.25, -0.2) is 14.6 Å². The van der Waals surface area contributed by atoms with E-state index in [2.05, 4.69) is 16.5 Å². The molecule has 0 aliphatic heterocycles. The summed E-state index contributed by atoms with van der Waals surface area (Å²) in [4.78, 5) is 23.1. The molecular weight excluding hydrogens is 430 g/mol. The number of aromatic nitrogens is 4. The van der Waals surface area contributed by atoms with Crippen LogP contribution in [0.4, 0.5) is 11.5 Å². The molecule has 1 amide bonds. The molecule has 0 saturated heterocycles. The lowest BCUT2D eigenvalue weighted by Gasteiger charge is -2.27. The predicted octanol–water partition coefficient (Wildman–Crippen LogP) is 3.36. The first-order valence-electron chi connectivity index (χ1n) is 10.7. The third kappa shape index (κ3) is 3.42. The molecule has 5 rings (SSSR count). The Morgan fingerprint density at radius 1 is 1.26 bits per heavy atom. The van der Waals surface area contributed by atoms with Crippen molar-refractivity contribution in [1.82, 2.24) is 19.7 Å². The van der Waals surface area contributed by atoms with Crippen LogP contribution in [0.25, 0.3) is 22.3 Å². The minimum absolute atomic E-state index is 0.112. The zero-order valence-corrected chi connectivity index (χ0v) is 18.2. The summed E-state index contributed by atoms with van der Waals surface area (Å²) in [5, 5.41) is 24.7. The maximum Gasteiger partial charge on any atom is 0.250 e. The number of hydrogen-bond acceptors (Lipinski definition) is 7. The molecule has 2 heterocycles. The van der Waals surface area contributed by atoms with E-state index in [0.717, 1.165) is 18.5 Å². The van der Waals surface area contributed by atoms with Gasteiger partial charge >= 0.3 is 0 Å². The van der Waals surface area contributed by atoms with Gasteiger partial charge in [0.2, 0.25) is 5.91 Å². The number of anilines is 2. The van der Waals surface area contributed by atoms with Crippen molar-refractivity contribution in [3.05, 3.63) is 73.1 Å². The van der Waals surface area contributed by atoms with Crippen LogP contribution in [0.5, 0.6) is 5.75 Å². The average Bonchev–Trinajstić information content (AvgIpc) is 3.54. The molecule has 4 aromatic rings. The zero-order valence-electron chi connectivity index (χ0n) is 18.2. The van der Waals surface area contributed by atoms with Crippen molar-refractivity contribution in [1.29, 1.82) is 5.26 Å². The molecule has 0 bridgehead atoms. The summed E-state index contributed by atoms with van der Waals surface area (Å²) in [7, 11) is 0. The highest BCUT2D eigenvalue weighted by molar-refractivity contribution is 6.01. The number of phenols is 1. The van der Waals surface area contributed by atoms with Gasteiger partial charge in [-0.15, -0.1) is 0 Å². The molecule has 2 aromatic heterocycles. The zero-order chi connectivity index (χ0) is 23.9. The van der Waals surface area contributed by atoms with Crippen LogP contribution >= 0.6 is 0 Å². The fourth-order valence-corrected chi connectivity index (χ4v) is 4.17. The van der Waals surface area contributed by atoms with E-state index in [-0.39, 0.29) is 23.0 Å². The molecule has 9 heteroatoms.